The molecule has 1 amide bonds. The standard InChI is InChI=1S/C55H107NO13/c1-3-5-7-9-11-13-15-17-19-20-21-22-23-24-25-26-28-30-32-34-36-38-44(59)43(56-47(60)39-37-35-33-31-29-27-18-16-14-12-10-8-6-4-2)42-66-54-52(65)50(63)53(46(41-58)68-54)69-55-51(64)49(62)48(61)45(40-57)67-55/h43-46,48-55,57-59,61-65H,3-42H2,1-2H3,(H,56,60). The number of unbranched alkanes of at least 4 members (excludes halogenated alkanes) is 33. The maximum atomic E-state index is 13.2. The molecule has 14 heteroatoms. The van der Waals surface area contributed by atoms with E-state index in [-0.39, 0.29) is 12.5 Å². The summed E-state index contributed by atoms with van der Waals surface area (Å²) >= 11 is 0. The van der Waals surface area contributed by atoms with Crippen LogP contribution in [-0.2, 0) is 23.7 Å². The maximum absolute atomic E-state index is 13.2. The Kier molecular flexibility index (Phi) is 39.4. The molecule has 2 rings (SSSR count). The molecule has 9 N–H and O–H groups in total. The van der Waals surface area contributed by atoms with E-state index in [9.17, 15) is 45.6 Å². The fourth-order valence-corrected chi connectivity index (χ4v) is 9.89. The van der Waals surface area contributed by atoms with Crippen LogP contribution in [0.1, 0.15) is 251 Å². The molecule has 0 spiro atoms. The van der Waals surface area contributed by atoms with Crippen LogP contribution in [0.5, 0.6) is 0 Å². The number of hydrogen-bond acceptors (Lipinski definition) is 13. The number of carbonyl (C=O) groups excluding carboxylic acids is 1. The normalized spacial score (nSPS) is 26.1. The summed E-state index contributed by atoms with van der Waals surface area (Å²) in [7, 11) is 0. The van der Waals surface area contributed by atoms with Crippen molar-refractivity contribution in [2.75, 3.05) is 19.8 Å². The zero-order valence-corrected chi connectivity index (χ0v) is 43.8. The van der Waals surface area contributed by atoms with Crippen LogP contribution in [0.25, 0.3) is 0 Å². The van der Waals surface area contributed by atoms with Crippen molar-refractivity contribution in [1.29, 1.82) is 0 Å². The lowest BCUT2D eigenvalue weighted by Crippen LogP contribution is -2.65. The summed E-state index contributed by atoms with van der Waals surface area (Å²) < 4.78 is 22.8. The summed E-state index contributed by atoms with van der Waals surface area (Å²) in [5, 5.41) is 87.1. The van der Waals surface area contributed by atoms with E-state index in [1.165, 1.54) is 173 Å². The number of aliphatic hydroxyl groups is 8. The van der Waals surface area contributed by atoms with Crippen molar-refractivity contribution in [2.24, 2.45) is 0 Å². The van der Waals surface area contributed by atoms with Crippen LogP contribution in [0.4, 0.5) is 0 Å². The predicted octanol–water partition coefficient (Wildman–Crippen LogP) is 8.95. The highest BCUT2D eigenvalue weighted by atomic mass is 16.7. The minimum absolute atomic E-state index is 0.202. The van der Waals surface area contributed by atoms with Crippen LogP contribution in [0.3, 0.4) is 0 Å². The Morgan fingerprint density at radius 3 is 1.23 bits per heavy atom. The number of hydrogen-bond donors (Lipinski definition) is 9. The highest BCUT2D eigenvalue weighted by Crippen LogP contribution is 2.30. The van der Waals surface area contributed by atoms with Crippen molar-refractivity contribution in [3.05, 3.63) is 0 Å². The molecular weight excluding hydrogens is 883 g/mol. The fourth-order valence-electron chi connectivity index (χ4n) is 9.89. The van der Waals surface area contributed by atoms with Gasteiger partial charge in [0.05, 0.1) is 32.0 Å². The Balaban J connectivity index is 1.76. The van der Waals surface area contributed by atoms with Gasteiger partial charge in [-0.15, -0.1) is 0 Å². The average Bonchev–Trinajstić information content (AvgIpc) is 3.35. The minimum Gasteiger partial charge on any atom is -0.394 e. The van der Waals surface area contributed by atoms with Crippen LogP contribution < -0.4 is 5.32 Å². The molecule has 0 aliphatic carbocycles. The first-order chi connectivity index (χ1) is 33.6. The van der Waals surface area contributed by atoms with Gasteiger partial charge in [-0.1, -0.05) is 232 Å². The van der Waals surface area contributed by atoms with Gasteiger partial charge in [-0.2, -0.15) is 0 Å². The third-order valence-electron chi connectivity index (χ3n) is 14.6. The van der Waals surface area contributed by atoms with E-state index in [0.717, 1.165) is 51.4 Å². The smallest absolute Gasteiger partial charge is 0.220 e. The lowest BCUT2D eigenvalue weighted by atomic mass is 9.97. The quantitative estimate of drug-likeness (QED) is 0.0260. The summed E-state index contributed by atoms with van der Waals surface area (Å²) in [6.07, 6.45) is 28.1. The van der Waals surface area contributed by atoms with Crippen LogP contribution in [0.2, 0.25) is 0 Å². The van der Waals surface area contributed by atoms with E-state index >= 15 is 0 Å². The van der Waals surface area contributed by atoms with Crippen molar-refractivity contribution in [1.82, 2.24) is 5.32 Å². The first kappa shape index (κ1) is 64.1. The van der Waals surface area contributed by atoms with E-state index in [4.69, 9.17) is 18.9 Å². The summed E-state index contributed by atoms with van der Waals surface area (Å²) in [6.45, 7) is 2.89. The van der Waals surface area contributed by atoms with Gasteiger partial charge in [0.25, 0.3) is 0 Å². The number of carbonyl (C=O) groups is 1. The molecule has 69 heavy (non-hydrogen) atoms. The zero-order chi connectivity index (χ0) is 50.3. The summed E-state index contributed by atoms with van der Waals surface area (Å²) in [5.74, 6) is -0.202. The molecule has 2 heterocycles. The molecule has 0 aromatic heterocycles. The largest absolute Gasteiger partial charge is 0.394 e. The Labute approximate surface area is 419 Å². The van der Waals surface area contributed by atoms with Gasteiger partial charge >= 0.3 is 0 Å². The van der Waals surface area contributed by atoms with Crippen molar-refractivity contribution in [2.45, 2.75) is 325 Å². The van der Waals surface area contributed by atoms with Crippen molar-refractivity contribution >= 4 is 5.91 Å². The van der Waals surface area contributed by atoms with Crippen molar-refractivity contribution in [3.63, 3.8) is 0 Å². The Morgan fingerprint density at radius 1 is 0.464 bits per heavy atom. The molecule has 12 atom stereocenters. The van der Waals surface area contributed by atoms with Crippen LogP contribution >= 0.6 is 0 Å². The summed E-state index contributed by atoms with van der Waals surface area (Å²) in [6, 6.07) is -0.821. The monoisotopic (exact) mass is 990 g/mol. The Bertz CT molecular complexity index is 1170. The molecular formula is C55H107NO13. The number of nitrogens with one attached hydrogen (secondary N) is 1. The summed E-state index contributed by atoms with van der Waals surface area (Å²) in [5.41, 5.74) is 0. The van der Waals surface area contributed by atoms with Crippen LogP contribution in [-0.4, -0.2) is 140 Å². The number of ether oxygens (including phenoxy) is 4. The average molecular weight is 990 g/mol. The van der Waals surface area contributed by atoms with Gasteiger partial charge in [0, 0.05) is 6.42 Å². The van der Waals surface area contributed by atoms with Gasteiger partial charge < -0.3 is 65.1 Å². The topological polar surface area (TPSA) is 228 Å². The zero-order valence-electron chi connectivity index (χ0n) is 43.8. The predicted molar refractivity (Wildman–Crippen MR) is 272 cm³/mol. The molecule has 14 nitrogen and oxygen atoms in total. The van der Waals surface area contributed by atoms with Gasteiger partial charge in [0.2, 0.25) is 5.91 Å². The fraction of sp³-hybridized carbons (Fsp3) is 0.982. The lowest BCUT2D eigenvalue weighted by molar-refractivity contribution is -0.359. The number of amides is 1. The third kappa shape index (κ3) is 28.9. The van der Waals surface area contributed by atoms with Gasteiger partial charge in [-0.25, -0.2) is 0 Å². The maximum Gasteiger partial charge on any atom is 0.220 e. The highest BCUT2D eigenvalue weighted by molar-refractivity contribution is 5.76. The molecule has 12 unspecified atom stereocenters. The van der Waals surface area contributed by atoms with Gasteiger partial charge in [-0.3, -0.25) is 4.79 Å². The molecule has 0 bridgehead atoms. The molecule has 2 saturated heterocycles. The lowest BCUT2D eigenvalue weighted by Gasteiger charge is -2.46. The second-order valence-corrected chi connectivity index (χ2v) is 20.8. The Hall–Kier alpha value is -1.01. The molecule has 2 aliphatic heterocycles. The highest BCUT2D eigenvalue weighted by Gasteiger charge is 2.51. The second-order valence-electron chi connectivity index (χ2n) is 20.8. The molecule has 0 aromatic carbocycles. The van der Waals surface area contributed by atoms with Gasteiger partial charge in [0.1, 0.15) is 48.8 Å². The van der Waals surface area contributed by atoms with Crippen LogP contribution in [0, 0.1) is 0 Å². The Morgan fingerprint density at radius 2 is 0.826 bits per heavy atom. The first-order valence-corrected chi connectivity index (χ1v) is 28.8. The van der Waals surface area contributed by atoms with E-state index in [2.05, 4.69) is 19.2 Å². The molecule has 0 radical (unpaired) electrons. The minimum atomic E-state index is -1.78. The molecule has 0 saturated carbocycles. The van der Waals surface area contributed by atoms with Crippen LogP contribution in [0.15, 0.2) is 0 Å². The van der Waals surface area contributed by atoms with E-state index in [0.29, 0.717) is 12.8 Å². The van der Waals surface area contributed by atoms with Crippen molar-refractivity contribution in [3.8, 4) is 0 Å². The van der Waals surface area contributed by atoms with E-state index in [1.807, 2.05) is 0 Å². The number of rotatable bonds is 46. The van der Waals surface area contributed by atoms with E-state index in [1.54, 1.807) is 0 Å². The summed E-state index contributed by atoms with van der Waals surface area (Å²) in [4.78, 5) is 13.2. The SMILES string of the molecule is CCCCCCCCCCCCCCCCCCCCCCCC(O)C(COC1OC(CO)C(OC2OC(CO)C(O)C(O)C2O)C(O)C1O)NC(=O)CCCCCCCCCCCCCCCC. The van der Waals surface area contributed by atoms with E-state index < -0.39 is 86.8 Å². The second kappa shape index (κ2) is 42.4. The third-order valence-corrected chi connectivity index (χ3v) is 14.6. The first-order valence-electron chi connectivity index (χ1n) is 28.8. The molecule has 2 aliphatic rings. The van der Waals surface area contributed by atoms with Gasteiger partial charge in [0.15, 0.2) is 12.6 Å². The van der Waals surface area contributed by atoms with Gasteiger partial charge in [-0.05, 0) is 12.8 Å². The molecule has 410 valence electrons. The molecule has 2 fully saturated rings. The number of aliphatic hydroxyl groups excluding tert-OH is 8. The molecule has 0 aromatic rings. The van der Waals surface area contributed by atoms with Crippen molar-refractivity contribution < 1.29 is 64.6 Å².